The summed E-state index contributed by atoms with van der Waals surface area (Å²) in [5.41, 5.74) is 5.74. The fourth-order valence-electron chi connectivity index (χ4n) is 0.712. The number of hydrogen-bond acceptors (Lipinski definition) is 2. The molecule has 1 heterocycles. The molecule has 0 saturated heterocycles. The number of primary amides is 1. The Kier molecular flexibility index (Phi) is 2.44. The molecule has 0 fully saturated rings. The first-order valence-corrected chi connectivity index (χ1v) is 3.45. The van der Waals surface area contributed by atoms with Gasteiger partial charge in [0.25, 0.3) is 0 Å². The maximum absolute atomic E-state index is 10.4. The van der Waals surface area contributed by atoms with Gasteiger partial charge < -0.3 is 5.73 Å². The van der Waals surface area contributed by atoms with Crippen LogP contribution in [0.5, 0.6) is 0 Å². The first kappa shape index (κ1) is 8.01. The van der Waals surface area contributed by atoms with Crippen LogP contribution in [0.4, 0.5) is 0 Å². The molecule has 58 valence electrons. The van der Waals surface area contributed by atoms with Gasteiger partial charge in [-0.1, -0.05) is 17.7 Å². The van der Waals surface area contributed by atoms with E-state index in [1.54, 1.807) is 12.1 Å². The molecule has 1 aromatic rings. The topological polar surface area (TPSA) is 56.0 Å². The summed E-state index contributed by atoms with van der Waals surface area (Å²) in [6, 6.07) is 3.35. The Bertz CT molecular complexity index is 258. The number of carbonyl (C=O) groups is 1. The minimum absolute atomic E-state index is 0.212. The van der Waals surface area contributed by atoms with Gasteiger partial charge in [-0.05, 0) is 11.6 Å². The van der Waals surface area contributed by atoms with E-state index in [0.29, 0.717) is 5.15 Å². The zero-order valence-corrected chi connectivity index (χ0v) is 6.51. The molecule has 0 bridgehead atoms. The highest BCUT2D eigenvalue weighted by Crippen LogP contribution is 2.04. The third kappa shape index (κ3) is 2.55. The number of aromatic nitrogens is 1. The predicted molar refractivity (Wildman–Crippen MR) is 42.1 cm³/mol. The quantitative estimate of drug-likeness (QED) is 0.667. The van der Waals surface area contributed by atoms with Crippen LogP contribution in [0.2, 0.25) is 5.15 Å². The second-order valence-electron chi connectivity index (χ2n) is 2.13. The Balaban J connectivity index is 2.74. The average Bonchev–Trinajstić information content (AvgIpc) is 1.93. The van der Waals surface area contributed by atoms with Gasteiger partial charge in [0.1, 0.15) is 5.15 Å². The Morgan fingerprint density at radius 1 is 1.64 bits per heavy atom. The monoisotopic (exact) mass is 170 g/mol. The highest BCUT2D eigenvalue weighted by atomic mass is 35.5. The van der Waals surface area contributed by atoms with E-state index in [4.69, 9.17) is 17.3 Å². The molecule has 11 heavy (non-hydrogen) atoms. The molecular weight excluding hydrogens is 164 g/mol. The van der Waals surface area contributed by atoms with Crippen LogP contribution < -0.4 is 5.73 Å². The van der Waals surface area contributed by atoms with Crippen molar-refractivity contribution in [2.24, 2.45) is 5.73 Å². The van der Waals surface area contributed by atoms with E-state index in [-0.39, 0.29) is 12.3 Å². The van der Waals surface area contributed by atoms with Crippen LogP contribution in [0.25, 0.3) is 0 Å². The van der Waals surface area contributed by atoms with Crippen molar-refractivity contribution in [2.45, 2.75) is 6.42 Å². The zero-order valence-electron chi connectivity index (χ0n) is 5.75. The maximum Gasteiger partial charge on any atom is 0.221 e. The molecule has 3 nitrogen and oxygen atoms in total. The molecule has 0 unspecified atom stereocenters. The van der Waals surface area contributed by atoms with Gasteiger partial charge in [-0.2, -0.15) is 0 Å². The molecule has 0 aromatic carbocycles. The van der Waals surface area contributed by atoms with Crippen LogP contribution in [-0.2, 0) is 11.2 Å². The van der Waals surface area contributed by atoms with E-state index in [1.807, 2.05) is 0 Å². The summed E-state index contributed by atoms with van der Waals surface area (Å²) in [7, 11) is 0. The Hall–Kier alpha value is -1.09. The minimum atomic E-state index is -0.367. The lowest BCUT2D eigenvalue weighted by Gasteiger charge is -1.95. The summed E-state index contributed by atoms with van der Waals surface area (Å²) in [6.07, 6.45) is 1.75. The third-order valence-corrected chi connectivity index (χ3v) is 1.39. The maximum atomic E-state index is 10.4. The number of pyridine rings is 1. The number of nitrogens with two attached hydrogens (primary N) is 1. The number of hydrogen-bond donors (Lipinski definition) is 1. The van der Waals surface area contributed by atoms with E-state index >= 15 is 0 Å². The van der Waals surface area contributed by atoms with Crippen LogP contribution in [0.15, 0.2) is 18.3 Å². The Morgan fingerprint density at radius 2 is 2.36 bits per heavy atom. The fourth-order valence-corrected chi connectivity index (χ4v) is 0.824. The van der Waals surface area contributed by atoms with Crippen molar-refractivity contribution in [2.75, 3.05) is 0 Å². The molecular formula is C7H7ClN2O. The molecule has 0 atom stereocenters. The molecule has 0 aliphatic heterocycles. The van der Waals surface area contributed by atoms with Gasteiger partial charge >= 0.3 is 0 Å². The van der Waals surface area contributed by atoms with Crippen LogP contribution in [-0.4, -0.2) is 10.9 Å². The van der Waals surface area contributed by atoms with Crippen molar-refractivity contribution in [3.8, 4) is 0 Å². The van der Waals surface area contributed by atoms with E-state index in [0.717, 1.165) is 5.56 Å². The summed E-state index contributed by atoms with van der Waals surface area (Å²) >= 11 is 5.52. The van der Waals surface area contributed by atoms with E-state index in [9.17, 15) is 4.79 Å². The van der Waals surface area contributed by atoms with Gasteiger partial charge in [0, 0.05) is 6.20 Å². The number of halogens is 1. The van der Waals surface area contributed by atoms with Gasteiger partial charge in [-0.3, -0.25) is 4.79 Å². The third-order valence-electron chi connectivity index (χ3n) is 1.17. The van der Waals surface area contributed by atoms with Crippen LogP contribution in [0.1, 0.15) is 5.56 Å². The summed E-state index contributed by atoms with van der Waals surface area (Å²) in [4.78, 5) is 14.2. The van der Waals surface area contributed by atoms with Crippen molar-refractivity contribution in [3.05, 3.63) is 29.0 Å². The summed E-state index contributed by atoms with van der Waals surface area (Å²) in [5.74, 6) is -0.367. The Labute approximate surface area is 69.2 Å². The van der Waals surface area contributed by atoms with Gasteiger partial charge in [0.05, 0.1) is 6.42 Å². The number of amides is 1. The molecule has 0 spiro atoms. The van der Waals surface area contributed by atoms with Crippen molar-refractivity contribution in [3.63, 3.8) is 0 Å². The van der Waals surface area contributed by atoms with Gasteiger partial charge in [-0.15, -0.1) is 0 Å². The smallest absolute Gasteiger partial charge is 0.221 e. The Morgan fingerprint density at radius 3 is 2.82 bits per heavy atom. The number of carbonyl (C=O) groups excluding carboxylic acids is 1. The first-order valence-electron chi connectivity index (χ1n) is 3.07. The van der Waals surface area contributed by atoms with Crippen LogP contribution >= 0.6 is 11.6 Å². The van der Waals surface area contributed by atoms with E-state index < -0.39 is 0 Å². The summed E-state index contributed by atoms with van der Waals surface area (Å²) in [5, 5.41) is 0.415. The molecule has 0 aliphatic carbocycles. The minimum Gasteiger partial charge on any atom is -0.369 e. The van der Waals surface area contributed by atoms with E-state index in [1.165, 1.54) is 6.20 Å². The fraction of sp³-hybridized carbons (Fsp3) is 0.143. The number of rotatable bonds is 2. The average molecular weight is 171 g/mol. The molecule has 1 rings (SSSR count). The standard InChI is InChI=1S/C7H7ClN2O/c8-6-2-1-5(4-10-6)3-7(9)11/h1-2,4H,3H2,(H2,9,11). The molecule has 1 aromatic heterocycles. The highest BCUT2D eigenvalue weighted by Gasteiger charge is 1.97. The van der Waals surface area contributed by atoms with E-state index in [2.05, 4.69) is 4.98 Å². The predicted octanol–water partition coefficient (Wildman–Crippen LogP) is 0.763. The normalized spacial score (nSPS) is 9.55. The van der Waals surface area contributed by atoms with Gasteiger partial charge in [0.2, 0.25) is 5.91 Å². The number of nitrogens with zero attached hydrogens (tertiary/aromatic N) is 1. The molecule has 1 amide bonds. The molecule has 4 heteroatoms. The van der Waals surface area contributed by atoms with Crippen molar-refractivity contribution in [1.82, 2.24) is 4.98 Å². The summed E-state index contributed by atoms with van der Waals surface area (Å²) in [6.45, 7) is 0. The highest BCUT2D eigenvalue weighted by molar-refractivity contribution is 6.29. The van der Waals surface area contributed by atoms with Gasteiger partial charge in [-0.25, -0.2) is 4.98 Å². The van der Waals surface area contributed by atoms with Crippen molar-refractivity contribution in [1.29, 1.82) is 0 Å². The van der Waals surface area contributed by atoms with Crippen LogP contribution in [0, 0.1) is 0 Å². The lowest BCUT2D eigenvalue weighted by atomic mass is 10.2. The first-order chi connectivity index (χ1) is 5.18. The zero-order chi connectivity index (χ0) is 8.27. The lowest BCUT2D eigenvalue weighted by Crippen LogP contribution is -2.13. The van der Waals surface area contributed by atoms with Gasteiger partial charge in [0.15, 0.2) is 0 Å². The molecule has 0 aliphatic rings. The molecule has 2 N–H and O–H groups in total. The second-order valence-corrected chi connectivity index (χ2v) is 2.52. The summed E-state index contributed by atoms with van der Waals surface area (Å²) < 4.78 is 0. The molecule has 0 saturated carbocycles. The largest absolute Gasteiger partial charge is 0.369 e. The van der Waals surface area contributed by atoms with Crippen molar-refractivity contribution >= 4 is 17.5 Å². The SMILES string of the molecule is NC(=O)Cc1ccc(Cl)nc1. The lowest BCUT2D eigenvalue weighted by molar-refractivity contribution is -0.117. The second kappa shape index (κ2) is 3.34. The van der Waals surface area contributed by atoms with Crippen molar-refractivity contribution < 1.29 is 4.79 Å². The van der Waals surface area contributed by atoms with Crippen LogP contribution in [0.3, 0.4) is 0 Å². The molecule has 0 radical (unpaired) electrons.